The molecule has 1 aromatic carbocycles. The summed E-state index contributed by atoms with van der Waals surface area (Å²) in [5.74, 6) is 1.38. The molecule has 0 bridgehead atoms. The molecule has 1 aliphatic rings. The first kappa shape index (κ1) is 12.7. The third-order valence-corrected chi connectivity index (χ3v) is 4.26. The van der Waals surface area contributed by atoms with Crippen LogP contribution < -0.4 is 0 Å². The Morgan fingerprint density at radius 1 is 1.12 bits per heavy atom. The van der Waals surface area contributed by atoms with Crippen LogP contribution in [-0.4, -0.2) is 0 Å². The maximum Gasteiger partial charge on any atom is 0.102 e. The Morgan fingerprint density at radius 3 is 2.12 bits per heavy atom. The summed E-state index contributed by atoms with van der Waals surface area (Å²) in [6.07, 6.45) is 4.92. The molecule has 0 amide bonds. The maximum absolute atomic E-state index is 8.92. The van der Waals surface area contributed by atoms with Crippen LogP contribution in [-0.2, 0) is 0 Å². The first-order valence-corrected chi connectivity index (χ1v) is 6.76. The molecule has 0 unspecified atom stereocenters. The Bertz CT molecular complexity index is 431. The van der Waals surface area contributed by atoms with Crippen molar-refractivity contribution in [3.8, 4) is 6.07 Å². The van der Waals surface area contributed by atoms with Crippen LogP contribution in [0.5, 0.6) is 0 Å². The van der Waals surface area contributed by atoms with Gasteiger partial charge in [-0.05, 0) is 42.4 Å². The van der Waals surface area contributed by atoms with Gasteiger partial charge in [-0.3, -0.25) is 0 Å². The molecule has 0 atom stereocenters. The fourth-order valence-electron chi connectivity index (χ4n) is 2.53. The molecule has 0 N–H and O–H groups in total. The normalized spacial score (nSPS) is 24.4. The fraction of sp³-hybridized carbons (Fsp3) is 0.500. The highest BCUT2D eigenvalue weighted by Crippen LogP contribution is 2.38. The highest BCUT2D eigenvalue weighted by atomic mass is 35.5. The Morgan fingerprint density at radius 2 is 1.65 bits per heavy atom. The van der Waals surface area contributed by atoms with Gasteiger partial charge >= 0.3 is 0 Å². The van der Waals surface area contributed by atoms with Crippen molar-refractivity contribution in [2.45, 2.75) is 38.5 Å². The molecular weight excluding hydrogens is 253 g/mol. The van der Waals surface area contributed by atoms with Gasteiger partial charge in [0.2, 0.25) is 0 Å². The van der Waals surface area contributed by atoms with Crippen molar-refractivity contribution in [3.05, 3.63) is 33.3 Å². The quantitative estimate of drug-likeness (QED) is 0.690. The molecule has 1 aliphatic carbocycles. The lowest BCUT2D eigenvalue weighted by Gasteiger charge is -2.26. The molecule has 1 aromatic rings. The Balaban J connectivity index is 2.26. The van der Waals surface area contributed by atoms with Gasteiger partial charge in [-0.15, -0.1) is 0 Å². The number of nitriles is 1. The zero-order valence-corrected chi connectivity index (χ0v) is 11.4. The van der Waals surface area contributed by atoms with Crippen LogP contribution in [0.15, 0.2) is 12.1 Å². The molecule has 90 valence electrons. The van der Waals surface area contributed by atoms with Gasteiger partial charge in [-0.1, -0.05) is 43.0 Å². The van der Waals surface area contributed by atoms with Crippen molar-refractivity contribution < 1.29 is 0 Å². The summed E-state index contributed by atoms with van der Waals surface area (Å²) in [5, 5.41) is 9.88. The summed E-state index contributed by atoms with van der Waals surface area (Å²) in [6, 6.07) is 5.86. The van der Waals surface area contributed by atoms with Crippen LogP contribution in [0.2, 0.25) is 10.0 Å². The Labute approximate surface area is 112 Å². The van der Waals surface area contributed by atoms with Gasteiger partial charge in [0.25, 0.3) is 0 Å². The molecule has 0 radical (unpaired) electrons. The van der Waals surface area contributed by atoms with Crippen LogP contribution in [0.25, 0.3) is 0 Å². The summed E-state index contributed by atoms with van der Waals surface area (Å²) in [6.45, 7) is 2.30. The van der Waals surface area contributed by atoms with E-state index in [9.17, 15) is 0 Å². The molecule has 1 saturated carbocycles. The van der Waals surface area contributed by atoms with Crippen LogP contribution in [0, 0.1) is 17.2 Å². The van der Waals surface area contributed by atoms with E-state index in [1.54, 1.807) is 0 Å². The summed E-state index contributed by atoms with van der Waals surface area (Å²) >= 11 is 12.2. The van der Waals surface area contributed by atoms with Crippen molar-refractivity contribution in [1.29, 1.82) is 5.26 Å². The predicted molar refractivity (Wildman–Crippen MR) is 71.6 cm³/mol. The molecule has 2 rings (SSSR count). The van der Waals surface area contributed by atoms with Gasteiger partial charge in [0, 0.05) is 0 Å². The smallest absolute Gasteiger partial charge is 0.102 e. The van der Waals surface area contributed by atoms with Gasteiger partial charge in [-0.25, -0.2) is 0 Å². The maximum atomic E-state index is 8.92. The molecule has 17 heavy (non-hydrogen) atoms. The SMILES string of the molecule is C[C@H]1CC[C@H](c2cc(Cl)c(C#N)c(Cl)c2)CC1. The lowest BCUT2D eigenvalue weighted by molar-refractivity contribution is 0.348. The van der Waals surface area contributed by atoms with Crippen molar-refractivity contribution in [2.75, 3.05) is 0 Å². The van der Waals surface area contributed by atoms with E-state index >= 15 is 0 Å². The Kier molecular flexibility index (Phi) is 3.97. The van der Waals surface area contributed by atoms with Crippen molar-refractivity contribution in [3.63, 3.8) is 0 Å². The first-order valence-electron chi connectivity index (χ1n) is 6.01. The second-order valence-corrected chi connectivity index (χ2v) is 5.74. The average Bonchev–Trinajstić information content (AvgIpc) is 2.29. The van der Waals surface area contributed by atoms with E-state index in [0.717, 1.165) is 5.92 Å². The largest absolute Gasteiger partial charge is 0.192 e. The molecule has 0 heterocycles. The van der Waals surface area contributed by atoms with Crippen LogP contribution in [0.1, 0.15) is 49.7 Å². The van der Waals surface area contributed by atoms with Gasteiger partial charge in [-0.2, -0.15) is 5.26 Å². The second-order valence-electron chi connectivity index (χ2n) is 4.93. The van der Waals surface area contributed by atoms with Crippen LogP contribution >= 0.6 is 23.2 Å². The Hall–Kier alpha value is -0.710. The molecule has 3 heteroatoms. The van der Waals surface area contributed by atoms with Crippen LogP contribution in [0.3, 0.4) is 0 Å². The zero-order chi connectivity index (χ0) is 12.4. The summed E-state index contributed by atoms with van der Waals surface area (Å²) in [5.41, 5.74) is 1.58. The van der Waals surface area contributed by atoms with E-state index in [0.29, 0.717) is 21.5 Å². The lowest BCUT2D eigenvalue weighted by atomic mass is 9.79. The predicted octanol–water partition coefficient (Wildman–Crippen LogP) is 5.16. The van der Waals surface area contributed by atoms with Gasteiger partial charge in [0.05, 0.1) is 15.6 Å². The minimum Gasteiger partial charge on any atom is -0.192 e. The molecule has 1 fully saturated rings. The fourth-order valence-corrected chi connectivity index (χ4v) is 3.12. The summed E-state index contributed by atoms with van der Waals surface area (Å²) in [4.78, 5) is 0. The highest BCUT2D eigenvalue weighted by molar-refractivity contribution is 6.36. The highest BCUT2D eigenvalue weighted by Gasteiger charge is 2.21. The van der Waals surface area contributed by atoms with E-state index < -0.39 is 0 Å². The minimum atomic E-state index is 0.390. The zero-order valence-electron chi connectivity index (χ0n) is 9.84. The monoisotopic (exact) mass is 267 g/mol. The van der Waals surface area contributed by atoms with E-state index in [1.165, 1.54) is 31.2 Å². The van der Waals surface area contributed by atoms with E-state index in [2.05, 4.69) is 6.92 Å². The minimum absolute atomic E-state index is 0.390. The van der Waals surface area contributed by atoms with Gasteiger partial charge in [0.1, 0.15) is 6.07 Å². The topological polar surface area (TPSA) is 23.8 Å². The van der Waals surface area contributed by atoms with E-state index in [4.69, 9.17) is 28.5 Å². The third kappa shape index (κ3) is 2.76. The van der Waals surface area contributed by atoms with Crippen LogP contribution in [0.4, 0.5) is 0 Å². The van der Waals surface area contributed by atoms with Crippen molar-refractivity contribution in [2.24, 2.45) is 5.92 Å². The van der Waals surface area contributed by atoms with E-state index in [1.807, 2.05) is 18.2 Å². The number of benzene rings is 1. The molecule has 0 spiro atoms. The van der Waals surface area contributed by atoms with E-state index in [-0.39, 0.29) is 0 Å². The van der Waals surface area contributed by atoms with Gasteiger partial charge in [0.15, 0.2) is 0 Å². The summed E-state index contributed by atoms with van der Waals surface area (Å²) in [7, 11) is 0. The second kappa shape index (κ2) is 5.29. The summed E-state index contributed by atoms with van der Waals surface area (Å²) < 4.78 is 0. The average molecular weight is 268 g/mol. The number of hydrogen-bond donors (Lipinski definition) is 0. The number of rotatable bonds is 1. The third-order valence-electron chi connectivity index (χ3n) is 3.66. The van der Waals surface area contributed by atoms with Crippen molar-refractivity contribution in [1.82, 2.24) is 0 Å². The molecule has 0 aromatic heterocycles. The first-order chi connectivity index (χ1) is 8.11. The number of hydrogen-bond acceptors (Lipinski definition) is 1. The standard InChI is InChI=1S/C14H15Cl2N/c1-9-2-4-10(5-3-9)11-6-13(15)12(8-17)14(16)7-11/h6-7,9-10H,2-5H2,1H3/t9-,10-. The lowest BCUT2D eigenvalue weighted by Crippen LogP contribution is -2.11. The molecule has 0 aliphatic heterocycles. The van der Waals surface area contributed by atoms with Crippen molar-refractivity contribution >= 4 is 23.2 Å². The molecule has 0 saturated heterocycles. The number of halogens is 2. The van der Waals surface area contributed by atoms with Gasteiger partial charge < -0.3 is 0 Å². The molecular formula is C14H15Cl2N. The molecule has 1 nitrogen and oxygen atoms in total. The number of nitrogens with zero attached hydrogens (tertiary/aromatic N) is 1.